The van der Waals surface area contributed by atoms with E-state index in [1.807, 2.05) is 0 Å². The molecular weight excluding hydrogens is 114 g/mol. The molecule has 0 aromatic heterocycles. The highest BCUT2D eigenvalue weighted by Gasteiger charge is 1.93. The maximum atomic E-state index is 10.2. The van der Waals surface area contributed by atoms with Crippen LogP contribution in [0.15, 0.2) is 11.6 Å². The molecular formula is C7H8NO. The zero-order chi connectivity index (χ0) is 7.28. The Morgan fingerprint density at radius 3 is 2.56 bits per heavy atom. The van der Waals surface area contributed by atoms with E-state index >= 15 is 0 Å². The highest BCUT2D eigenvalue weighted by Crippen LogP contribution is 1.87. The van der Waals surface area contributed by atoms with Gasteiger partial charge in [-0.3, -0.25) is 10.5 Å². The first-order valence-electron chi connectivity index (χ1n) is 2.53. The minimum absolute atomic E-state index is 0.379. The number of nitrogens with one attached hydrogen (secondary N) is 1. The van der Waals surface area contributed by atoms with Crippen LogP contribution in [0.25, 0.3) is 0 Å². The highest BCUT2D eigenvalue weighted by atomic mass is 16.1. The summed E-state index contributed by atoms with van der Waals surface area (Å²) >= 11 is 0. The number of carbonyl (C=O) groups excluding carboxylic acids is 1. The lowest BCUT2D eigenvalue weighted by atomic mass is 10.3. The molecule has 1 amide bonds. The van der Waals surface area contributed by atoms with E-state index < -0.39 is 5.91 Å². The fraction of sp³-hybridized carbons (Fsp3) is 0.286. The molecule has 9 heavy (non-hydrogen) atoms. The van der Waals surface area contributed by atoms with Crippen molar-refractivity contribution in [3.05, 3.63) is 11.6 Å². The fourth-order valence-electron chi connectivity index (χ4n) is 0.246. The first-order valence-corrected chi connectivity index (χ1v) is 2.53. The van der Waals surface area contributed by atoms with Crippen molar-refractivity contribution in [3.63, 3.8) is 0 Å². The van der Waals surface area contributed by atoms with Crippen molar-refractivity contribution in [3.8, 4) is 11.8 Å². The lowest BCUT2D eigenvalue weighted by molar-refractivity contribution is -0.115. The second-order valence-electron chi connectivity index (χ2n) is 1.55. The molecule has 0 aromatic rings. The molecule has 1 radical (unpaired) electrons. The van der Waals surface area contributed by atoms with E-state index in [9.17, 15) is 4.79 Å². The van der Waals surface area contributed by atoms with E-state index in [1.165, 1.54) is 6.08 Å². The third kappa shape index (κ3) is 3.36. The number of rotatable bonds is 1. The third-order valence-electron chi connectivity index (χ3n) is 0.791. The fourth-order valence-corrected chi connectivity index (χ4v) is 0.246. The van der Waals surface area contributed by atoms with Crippen LogP contribution in [0.2, 0.25) is 0 Å². The van der Waals surface area contributed by atoms with Crippen molar-refractivity contribution in [2.24, 2.45) is 0 Å². The van der Waals surface area contributed by atoms with Crippen LogP contribution in [0, 0.1) is 11.8 Å². The summed E-state index contributed by atoms with van der Waals surface area (Å²) < 4.78 is 0. The average Bonchev–Trinajstić information content (AvgIpc) is 1.82. The first kappa shape index (κ1) is 7.77. The molecule has 0 saturated carbocycles. The second-order valence-corrected chi connectivity index (χ2v) is 1.55. The summed E-state index contributed by atoms with van der Waals surface area (Å²) in [6.07, 6.45) is 1.44. The van der Waals surface area contributed by atoms with E-state index in [-0.39, 0.29) is 0 Å². The van der Waals surface area contributed by atoms with Crippen LogP contribution in [0.1, 0.15) is 13.8 Å². The van der Waals surface area contributed by atoms with Gasteiger partial charge in [0.15, 0.2) is 0 Å². The summed E-state index contributed by atoms with van der Waals surface area (Å²) in [5, 5.41) is 0. The SMILES string of the molecule is CC#C/C=C(\C)C([NH])=O. The van der Waals surface area contributed by atoms with E-state index in [4.69, 9.17) is 5.73 Å². The predicted molar refractivity (Wildman–Crippen MR) is 35.3 cm³/mol. The zero-order valence-electron chi connectivity index (χ0n) is 5.49. The Hall–Kier alpha value is -1.23. The molecule has 0 atom stereocenters. The van der Waals surface area contributed by atoms with Crippen molar-refractivity contribution in [1.82, 2.24) is 5.73 Å². The lowest BCUT2D eigenvalue weighted by Gasteiger charge is -1.83. The van der Waals surface area contributed by atoms with Gasteiger partial charge >= 0.3 is 0 Å². The van der Waals surface area contributed by atoms with Gasteiger partial charge < -0.3 is 0 Å². The smallest absolute Gasteiger partial charge is 0.265 e. The molecule has 0 aromatic carbocycles. The Kier molecular flexibility index (Phi) is 3.22. The van der Waals surface area contributed by atoms with Crippen molar-refractivity contribution < 1.29 is 4.79 Å². The maximum absolute atomic E-state index is 10.2. The van der Waals surface area contributed by atoms with Crippen molar-refractivity contribution in [1.29, 1.82) is 0 Å². The monoisotopic (exact) mass is 122 g/mol. The van der Waals surface area contributed by atoms with Gasteiger partial charge in [-0.05, 0) is 19.9 Å². The van der Waals surface area contributed by atoms with E-state index in [0.717, 1.165) is 0 Å². The quantitative estimate of drug-likeness (QED) is 0.374. The van der Waals surface area contributed by atoms with E-state index in [0.29, 0.717) is 5.57 Å². The van der Waals surface area contributed by atoms with Crippen molar-refractivity contribution in [2.45, 2.75) is 13.8 Å². The number of hydrogen-bond acceptors (Lipinski definition) is 1. The molecule has 0 aliphatic carbocycles. The Labute approximate surface area is 54.7 Å². The van der Waals surface area contributed by atoms with Crippen molar-refractivity contribution in [2.75, 3.05) is 0 Å². The van der Waals surface area contributed by atoms with Crippen molar-refractivity contribution >= 4 is 5.91 Å². The molecule has 0 bridgehead atoms. The van der Waals surface area contributed by atoms with Gasteiger partial charge in [-0.25, -0.2) is 0 Å². The highest BCUT2D eigenvalue weighted by molar-refractivity contribution is 5.91. The average molecular weight is 122 g/mol. The minimum Gasteiger partial charge on any atom is -0.268 e. The number of allylic oxidation sites excluding steroid dienone is 1. The zero-order valence-corrected chi connectivity index (χ0v) is 5.49. The standard InChI is InChI=1S/C7H8NO/c1-3-4-5-6(2)7(8)9/h5,8H,1-2H3/b6-5+. The second kappa shape index (κ2) is 3.73. The molecule has 2 heteroatoms. The summed E-state index contributed by atoms with van der Waals surface area (Å²) in [4.78, 5) is 10.2. The molecule has 0 saturated heterocycles. The molecule has 0 aliphatic rings. The molecule has 0 unspecified atom stereocenters. The molecule has 0 heterocycles. The van der Waals surface area contributed by atoms with Crippen LogP contribution in [0.3, 0.4) is 0 Å². The van der Waals surface area contributed by atoms with Gasteiger partial charge in [0.1, 0.15) is 0 Å². The van der Waals surface area contributed by atoms with Crippen LogP contribution in [0.5, 0.6) is 0 Å². The molecule has 0 fully saturated rings. The van der Waals surface area contributed by atoms with Gasteiger partial charge in [-0.2, -0.15) is 0 Å². The van der Waals surface area contributed by atoms with Gasteiger partial charge in [0.05, 0.1) is 0 Å². The van der Waals surface area contributed by atoms with Crippen LogP contribution < -0.4 is 5.73 Å². The Morgan fingerprint density at radius 2 is 2.22 bits per heavy atom. The van der Waals surface area contributed by atoms with Gasteiger partial charge in [0, 0.05) is 5.57 Å². The summed E-state index contributed by atoms with van der Waals surface area (Å²) in [6.45, 7) is 3.25. The van der Waals surface area contributed by atoms with E-state index in [2.05, 4.69) is 11.8 Å². The van der Waals surface area contributed by atoms with Gasteiger partial charge in [-0.15, -0.1) is 5.92 Å². The van der Waals surface area contributed by atoms with Crippen LogP contribution in [0.4, 0.5) is 0 Å². The van der Waals surface area contributed by atoms with Crippen LogP contribution in [-0.2, 0) is 4.79 Å². The van der Waals surface area contributed by atoms with Gasteiger partial charge in [0.25, 0.3) is 5.91 Å². The molecule has 0 aliphatic heterocycles. The normalized spacial score (nSPS) is 9.78. The minimum atomic E-state index is -0.669. The van der Waals surface area contributed by atoms with E-state index in [1.54, 1.807) is 13.8 Å². The largest absolute Gasteiger partial charge is 0.268 e. The Balaban J connectivity index is 4.11. The predicted octanol–water partition coefficient (Wildman–Crippen LogP) is 0.765. The lowest BCUT2D eigenvalue weighted by Crippen LogP contribution is -1.97. The molecule has 2 nitrogen and oxygen atoms in total. The number of hydrogen-bond donors (Lipinski definition) is 0. The summed E-state index contributed by atoms with van der Waals surface area (Å²) in [5.74, 6) is 4.50. The molecule has 47 valence electrons. The number of amides is 1. The summed E-state index contributed by atoms with van der Waals surface area (Å²) in [6, 6.07) is 0. The van der Waals surface area contributed by atoms with Gasteiger partial charge in [-0.1, -0.05) is 5.92 Å². The molecule has 1 N–H and O–H groups in total. The third-order valence-corrected chi connectivity index (χ3v) is 0.791. The van der Waals surface area contributed by atoms with Crippen LogP contribution >= 0.6 is 0 Å². The Bertz CT molecular complexity index is 193. The first-order chi connectivity index (χ1) is 4.18. The Morgan fingerprint density at radius 1 is 1.67 bits per heavy atom. The molecule has 0 rings (SSSR count). The summed E-state index contributed by atoms with van der Waals surface area (Å²) in [7, 11) is 0. The van der Waals surface area contributed by atoms with Gasteiger partial charge in [0.2, 0.25) is 0 Å². The summed E-state index contributed by atoms with van der Waals surface area (Å²) in [5.41, 5.74) is 6.97. The topological polar surface area (TPSA) is 40.9 Å². The molecule has 0 spiro atoms. The van der Waals surface area contributed by atoms with Crippen LogP contribution in [-0.4, -0.2) is 5.91 Å². The maximum Gasteiger partial charge on any atom is 0.265 e. The number of carbonyl (C=O) groups is 1.